The molecule has 0 aliphatic carbocycles. The van der Waals surface area contributed by atoms with Gasteiger partial charge in [0.1, 0.15) is 30.0 Å². The van der Waals surface area contributed by atoms with E-state index in [0.29, 0.717) is 18.9 Å². The number of nitrogens with one attached hydrogen (secondary N) is 4. The molecule has 1 aliphatic heterocycles. The van der Waals surface area contributed by atoms with Gasteiger partial charge in [0.05, 0.1) is 13.0 Å². The molecule has 1 aliphatic rings. The third kappa shape index (κ3) is 14.4. The molecule has 0 radical (unpaired) electrons. The number of amides is 3. The van der Waals surface area contributed by atoms with Crippen molar-refractivity contribution in [2.75, 3.05) is 19.7 Å². The zero-order valence-electron chi connectivity index (χ0n) is 30.9. The first kappa shape index (κ1) is 39.9. The summed E-state index contributed by atoms with van der Waals surface area (Å²) in [7, 11) is 0. The topological polar surface area (TPSA) is 144 Å². The first-order valence-corrected chi connectivity index (χ1v) is 18.2. The van der Waals surface area contributed by atoms with Gasteiger partial charge < -0.3 is 35.5 Å². The molecule has 2 unspecified atom stereocenters. The molecule has 0 aromatic heterocycles. The summed E-state index contributed by atoms with van der Waals surface area (Å²) in [5, 5.41) is 11.7. The van der Waals surface area contributed by atoms with E-state index in [9.17, 15) is 19.2 Å². The summed E-state index contributed by atoms with van der Waals surface area (Å²) < 4.78 is 16.9. The van der Waals surface area contributed by atoms with Gasteiger partial charge in [-0.15, -0.1) is 0 Å². The van der Waals surface area contributed by atoms with Crippen molar-refractivity contribution in [2.45, 2.75) is 97.1 Å². The molecule has 0 saturated carbocycles. The van der Waals surface area contributed by atoms with Gasteiger partial charge in [-0.25, -0.2) is 4.79 Å². The fourth-order valence-corrected chi connectivity index (χ4v) is 5.91. The lowest BCUT2D eigenvalue weighted by Crippen LogP contribution is -2.54. The smallest absolute Gasteiger partial charge is 0.408 e. The monoisotopic (exact) mass is 714 g/mol. The Morgan fingerprint density at radius 3 is 2.27 bits per heavy atom. The number of carbonyl (C=O) groups is 4. The number of hydrogen-bond donors (Lipinski definition) is 4. The van der Waals surface area contributed by atoms with Crippen molar-refractivity contribution >= 4 is 23.9 Å². The van der Waals surface area contributed by atoms with Crippen LogP contribution in [0.1, 0.15) is 75.1 Å². The predicted molar refractivity (Wildman–Crippen MR) is 199 cm³/mol. The maximum Gasteiger partial charge on any atom is 0.408 e. The highest BCUT2D eigenvalue weighted by Gasteiger charge is 2.31. The molecule has 4 rings (SSSR count). The maximum atomic E-state index is 13.8. The second kappa shape index (κ2) is 20.2. The molecule has 1 heterocycles. The molecule has 1 saturated heterocycles. The van der Waals surface area contributed by atoms with Crippen LogP contribution in [0.2, 0.25) is 0 Å². The Morgan fingerprint density at radius 1 is 0.885 bits per heavy atom. The lowest BCUT2D eigenvalue weighted by Gasteiger charge is -2.25. The number of ether oxygens (including phenoxy) is 3. The Kier molecular flexibility index (Phi) is 15.5. The third-order valence-corrected chi connectivity index (χ3v) is 8.78. The van der Waals surface area contributed by atoms with Crippen molar-refractivity contribution in [1.29, 1.82) is 0 Å². The lowest BCUT2D eigenvalue weighted by atomic mass is 9.97. The normalized spacial score (nSPS) is 15.4. The summed E-state index contributed by atoms with van der Waals surface area (Å²) in [5.74, 6) is -0.449. The van der Waals surface area contributed by atoms with E-state index >= 15 is 0 Å². The molecular weight excluding hydrogens is 660 g/mol. The molecule has 52 heavy (non-hydrogen) atoms. The molecule has 11 nitrogen and oxygen atoms in total. The summed E-state index contributed by atoms with van der Waals surface area (Å²) in [4.78, 5) is 53.2. The molecule has 1 fully saturated rings. The minimum Gasteiger partial charge on any atom is -0.494 e. The van der Waals surface area contributed by atoms with E-state index in [2.05, 4.69) is 21.3 Å². The Balaban J connectivity index is 1.43. The number of carbonyl (C=O) groups excluding carboxylic acids is 4. The van der Waals surface area contributed by atoms with E-state index in [1.54, 1.807) is 32.9 Å². The van der Waals surface area contributed by atoms with Crippen molar-refractivity contribution < 1.29 is 33.4 Å². The van der Waals surface area contributed by atoms with Crippen LogP contribution in [0.3, 0.4) is 0 Å². The van der Waals surface area contributed by atoms with Gasteiger partial charge >= 0.3 is 12.1 Å². The predicted octanol–water partition coefficient (Wildman–Crippen LogP) is 5.52. The van der Waals surface area contributed by atoms with Crippen molar-refractivity contribution in [3.8, 4) is 5.75 Å². The van der Waals surface area contributed by atoms with Crippen LogP contribution in [0.25, 0.3) is 0 Å². The standard InChI is InChI=1S/C41H54N4O7/c1-29-17-19-34(50-23-21-31-16-11-22-42-26-31)24-33(29)27-43-38(47)35(20-18-30-12-7-5-8-13-30)44-39(48)36(25-37(46)52-41(2,3)4)45-40(49)51-28-32-14-9-6-10-15-32/h5-10,12-15,17,19,24,31,35-36,42H,11,16,18,20-23,25-28H2,1-4H3,(H,43,47)(H,44,48)(H,45,49)/t31?,35?,36-/m0/s1. The number of alkyl carbamates (subject to hydrolysis) is 1. The molecule has 0 bridgehead atoms. The number of esters is 1. The summed E-state index contributed by atoms with van der Waals surface area (Å²) in [6.45, 7) is 10.0. The van der Waals surface area contributed by atoms with Crippen LogP contribution in [0.15, 0.2) is 78.9 Å². The maximum absolute atomic E-state index is 13.8. The van der Waals surface area contributed by atoms with Crippen molar-refractivity contribution in [1.82, 2.24) is 21.3 Å². The molecular formula is C41H54N4O7. The molecule has 11 heteroatoms. The van der Waals surface area contributed by atoms with Crippen LogP contribution < -0.4 is 26.0 Å². The third-order valence-electron chi connectivity index (χ3n) is 8.78. The van der Waals surface area contributed by atoms with Gasteiger partial charge in [-0.2, -0.15) is 0 Å². The van der Waals surface area contributed by atoms with Gasteiger partial charge in [0.15, 0.2) is 0 Å². The summed E-state index contributed by atoms with van der Waals surface area (Å²) >= 11 is 0. The Hall–Kier alpha value is -4.90. The quantitative estimate of drug-likeness (QED) is 0.134. The molecule has 4 N–H and O–H groups in total. The first-order chi connectivity index (χ1) is 24.9. The SMILES string of the molecule is Cc1ccc(OCCC2CCCNC2)cc1CNC(=O)C(CCc1ccccc1)NC(=O)[C@H](CC(=O)OC(C)(C)C)NC(=O)OCc1ccccc1. The molecule has 3 aromatic carbocycles. The number of aryl methyl sites for hydroxylation is 2. The number of benzene rings is 3. The van der Waals surface area contributed by atoms with Crippen LogP contribution in [0.5, 0.6) is 5.75 Å². The second-order valence-corrected chi connectivity index (χ2v) is 14.3. The summed E-state index contributed by atoms with van der Waals surface area (Å²) in [5.41, 5.74) is 2.82. The van der Waals surface area contributed by atoms with E-state index in [1.807, 2.05) is 73.7 Å². The molecule has 3 aromatic rings. The fraction of sp³-hybridized carbons (Fsp3) is 0.463. The van der Waals surface area contributed by atoms with E-state index in [1.165, 1.54) is 12.8 Å². The molecule has 3 atom stereocenters. The average Bonchev–Trinajstić information content (AvgIpc) is 3.12. The van der Waals surface area contributed by atoms with Crippen molar-refractivity contribution in [2.24, 2.45) is 5.92 Å². The zero-order chi connectivity index (χ0) is 37.3. The van der Waals surface area contributed by atoms with Crippen LogP contribution >= 0.6 is 0 Å². The van der Waals surface area contributed by atoms with Crippen molar-refractivity contribution in [3.63, 3.8) is 0 Å². The van der Waals surface area contributed by atoms with Gasteiger partial charge in [-0.05, 0) is 113 Å². The second-order valence-electron chi connectivity index (χ2n) is 14.3. The highest BCUT2D eigenvalue weighted by Crippen LogP contribution is 2.20. The van der Waals surface area contributed by atoms with Gasteiger partial charge in [-0.3, -0.25) is 14.4 Å². The average molecular weight is 715 g/mol. The highest BCUT2D eigenvalue weighted by atomic mass is 16.6. The molecule has 0 spiro atoms. The summed E-state index contributed by atoms with van der Waals surface area (Å²) in [6, 6.07) is 22.2. The van der Waals surface area contributed by atoms with E-state index in [0.717, 1.165) is 47.5 Å². The minimum atomic E-state index is -1.36. The lowest BCUT2D eigenvalue weighted by molar-refractivity contribution is -0.156. The van der Waals surface area contributed by atoms with Crippen LogP contribution in [0, 0.1) is 12.8 Å². The molecule has 3 amide bonds. The fourth-order valence-electron chi connectivity index (χ4n) is 5.91. The van der Waals surface area contributed by atoms with Crippen LogP contribution in [-0.4, -0.2) is 61.3 Å². The first-order valence-electron chi connectivity index (χ1n) is 18.2. The Morgan fingerprint density at radius 2 is 1.60 bits per heavy atom. The molecule has 280 valence electrons. The van der Waals surface area contributed by atoms with Crippen LogP contribution in [0.4, 0.5) is 4.79 Å². The number of piperidine rings is 1. The largest absolute Gasteiger partial charge is 0.494 e. The van der Waals surface area contributed by atoms with Gasteiger partial charge in [0.25, 0.3) is 0 Å². The van der Waals surface area contributed by atoms with E-state index in [4.69, 9.17) is 14.2 Å². The Labute approximate surface area is 307 Å². The Bertz CT molecular complexity index is 1590. The van der Waals surface area contributed by atoms with Crippen LogP contribution in [-0.2, 0) is 43.4 Å². The zero-order valence-corrected chi connectivity index (χ0v) is 30.9. The number of rotatable bonds is 17. The van der Waals surface area contributed by atoms with Gasteiger partial charge in [0, 0.05) is 6.54 Å². The summed E-state index contributed by atoms with van der Waals surface area (Å²) in [6.07, 6.45) is 2.81. The van der Waals surface area contributed by atoms with Crippen molar-refractivity contribution in [3.05, 3.63) is 101 Å². The number of hydrogen-bond acceptors (Lipinski definition) is 8. The highest BCUT2D eigenvalue weighted by molar-refractivity contribution is 5.93. The van der Waals surface area contributed by atoms with Gasteiger partial charge in [0.2, 0.25) is 11.8 Å². The van der Waals surface area contributed by atoms with E-state index < -0.39 is 48.0 Å². The minimum absolute atomic E-state index is 0.0286. The van der Waals surface area contributed by atoms with Gasteiger partial charge in [-0.1, -0.05) is 66.7 Å². The van der Waals surface area contributed by atoms with E-state index in [-0.39, 0.29) is 19.6 Å².